The summed E-state index contributed by atoms with van der Waals surface area (Å²) in [5.41, 5.74) is 0.334. The number of carbonyl (C=O) groups excluding carboxylic acids is 2. The van der Waals surface area contributed by atoms with Crippen molar-refractivity contribution in [3.05, 3.63) is 59.7 Å². The van der Waals surface area contributed by atoms with Gasteiger partial charge in [-0.2, -0.15) is 0 Å². The molecule has 2 aromatic carbocycles. The maximum Gasteiger partial charge on any atom is 0.169 e. The molecular formula is C24H24O4. The van der Waals surface area contributed by atoms with E-state index in [0.717, 1.165) is 32.1 Å². The second kappa shape index (κ2) is 5.94. The van der Waals surface area contributed by atoms with Crippen molar-refractivity contribution in [3.63, 3.8) is 0 Å². The fraction of sp³-hybridized carbons (Fsp3) is 0.417. The maximum absolute atomic E-state index is 13.5. The molecule has 0 spiro atoms. The average molecular weight is 376 g/mol. The van der Waals surface area contributed by atoms with E-state index in [1.54, 1.807) is 48.5 Å². The van der Waals surface area contributed by atoms with Crippen LogP contribution in [0.25, 0.3) is 0 Å². The molecule has 0 amide bonds. The number of Topliss-reactive ketones (excluding diaryl/α,β-unsaturated/α-hetero) is 2. The molecule has 0 aliphatic heterocycles. The summed E-state index contributed by atoms with van der Waals surface area (Å²) in [6, 6.07) is 13.0. The van der Waals surface area contributed by atoms with E-state index in [9.17, 15) is 19.8 Å². The molecule has 0 unspecified atom stereocenters. The predicted molar refractivity (Wildman–Crippen MR) is 104 cm³/mol. The molecule has 144 valence electrons. The van der Waals surface area contributed by atoms with E-state index in [2.05, 4.69) is 0 Å². The van der Waals surface area contributed by atoms with Gasteiger partial charge in [-0.15, -0.1) is 0 Å². The minimum absolute atomic E-state index is 0.129. The van der Waals surface area contributed by atoms with Crippen LogP contribution < -0.4 is 0 Å². The number of hydrogen-bond donors (Lipinski definition) is 2. The molecule has 4 bridgehead atoms. The van der Waals surface area contributed by atoms with Crippen molar-refractivity contribution >= 4 is 11.6 Å². The maximum atomic E-state index is 13.5. The number of ketones is 2. The van der Waals surface area contributed by atoms with Crippen molar-refractivity contribution in [1.82, 2.24) is 0 Å². The molecule has 4 nitrogen and oxygen atoms in total. The minimum atomic E-state index is -0.465. The normalized spacial score (nSPS) is 33.0. The van der Waals surface area contributed by atoms with Crippen LogP contribution in [0.5, 0.6) is 11.5 Å². The van der Waals surface area contributed by atoms with Gasteiger partial charge in [0.2, 0.25) is 0 Å². The highest BCUT2D eigenvalue weighted by atomic mass is 16.3. The minimum Gasteiger partial charge on any atom is -0.508 e. The van der Waals surface area contributed by atoms with Crippen LogP contribution >= 0.6 is 0 Å². The van der Waals surface area contributed by atoms with E-state index in [4.69, 9.17) is 0 Å². The van der Waals surface area contributed by atoms with Crippen LogP contribution in [-0.2, 0) is 0 Å². The lowest BCUT2D eigenvalue weighted by Gasteiger charge is -2.60. The van der Waals surface area contributed by atoms with Crippen molar-refractivity contribution in [2.75, 3.05) is 0 Å². The molecule has 4 aliphatic rings. The molecule has 0 radical (unpaired) electrons. The summed E-state index contributed by atoms with van der Waals surface area (Å²) < 4.78 is 0. The first-order valence-corrected chi connectivity index (χ1v) is 10.1. The third-order valence-electron chi connectivity index (χ3n) is 7.28. The predicted octanol–water partition coefficient (Wildman–Crippen LogP) is 4.75. The van der Waals surface area contributed by atoms with Crippen LogP contribution in [0.3, 0.4) is 0 Å². The van der Waals surface area contributed by atoms with E-state index >= 15 is 0 Å². The first-order valence-electron chi connectivity index (χ1n) is 10.1. The fourth-order valence-electron chi connectivity index (χ4n) is 6.63. The van der Waals surface area contributed by atoms with Crippen molar-refractivity contribution < 1.29 is 19.8 Å². The summed E-state index contributed by atoms with van der Waals surface area (Å²) >= 11 is 0. The molecule has 4 saturated carbocycles. The van der Waals surface area contributed by atoms with Crippen LogP contribution in [-0.4, -0.2) is 21.8 Å². The van der Waals surface area contributed by atoms with E-state index in [0.29, 0.717) is 29.4 Å². The summed E-state index contributed by atoms with van der Waals surface area (Å²) in [4.78, 5) is 27.1. The van der Waals surface area contributed by atoms with E-state index in [1.165, 1.54) is 0 Å². The van der Waals surface area contributed by atoms with Crippen LogP contribution in [0.15, 0.2) is 48.5 Å². The molecule has 0 heterocycles. The van der Waals surface area contributed by atoms with Gasteiger partial charge in [-0.3, -0.25) is 9.59 Å². The standard InChI is InChI=1S/C24H24O4/c25-19-5-1-17(2-6-19)21(27)23-10-15-9-16(11-23)13-24(12-15,14-23)22(28)18-3-7-20(26)8-4-18/h1-8,15-16,25-26H,9-14H2. The van der Waals surface area contributed by atoms with E-state index < -0.39 is 10.8 Å². The molecule has 0 atom stereocenters. The average Bonchev–Trinajstić information content (AvgIpc) is 2.67. The number of phenols is 2. The van der Waals surface area contributed by atoms with Crippen LogP contribution in [0.4, 0.5) is 0 Å². The summed E-state index contributed by atoms with van der Waals surface area (Å²) in [5.74, 6) is 1.41. The third-order valence-corrected chi connectivity index (χ3v) is 7.28. The van der Waals surface area contributed by atoms with Crippen LogP contribution in [0.1, 0.15) is 59.2 Å². The second-order valence-electron chi connectivity index (χ2n) is 9.27. The van der Waals surface area contributed by atoms with Gasteiger partial charge in [-0.05, 0) is 98.9 Å². The van der Waals surface area contributed by atoms with Gasteiger partial charge in [0.1, 0.15) is 11.5 Å². The largest absolute Gasteiger partial charge is 0.508 e. The van der Waals surface area contributed by atoms with Crippen molar-refractivity contribution in [1.29, 1.82) is 0 Å². The van der Waals surface area contributed by atoms with Crippen molar-refractivity contribution in [2.24, 2.45) is 22.7 Å². The van der Waals surface area contributed by atoms with Gasteiger partial charge in [0.15, 0.2) is 11.6 Å². The van der Waals surface area contributed by atoms with Crippen LogP contribution in [0, 0.1) is 22.7 Å². The molecular weight excluding hydrogens is 352 g/mol. The topological polar surface area (TPSA) is 74.6 Å². The molecule has 2 aromatic rings. The lowest BCUT2D eigenvalue weighted by Crippen LogP contribution is -2.57. The lowest BCUT2D eigenvalue weighted by molar-refractivity contribution is -0.0730. The number of aromatic hydroxyl groups is 2. The van der Waals surface area contributed by atoms with Gasteiger partial charge in [0.25, 0.3) is 0 Å². The molecule has 4 aliphatic carbocycles. The Hall–Kier alpha value is -2.62. The molecule has 6 rings (SSSR count). The number of phenolic OH excluding ortho intramolecular Hbond substituents is 2. The Labute approximate surface area is 164 Å². The summed E-state index contributed by atoms with van der Waals surface area (Å²) in [6.07, 6.45) is 5.21. The van der Waals surface area contributed by atoms with Gasteiger partial charge >= 0.3 is 0 Å². The Balaban J connectivity index is 1.52. The number of carbonyl (C=O) groups is 2. The Morgan fingerprint density at radius 2 is 1.04 bits per heavy atom. The van der Waals surface area contributed by atoms with Crippen molar-refractivity contribution in [2.45, 2.75) is 38.5 Å². The SMILES string of the molecule is O=C(c1ccc(O)cc1)C12CC3CC(C1)CC(C(=O)c1ccc(O)cc1)(C3)C2. The van der Waals surface area contributed by atoms with Gasteiger partial charge < -0.3 is 10.2 Å². The smallest absolute Gasteiger partial charge is 0.169 e. The molecule has 4 fully saturated rings. The molecule has 2 N–H and O–H groups in total. The number of benzene rings is 2. The summed E-state index contributed by atoms with van der Waals surface area (Å²) in [5, 5.41) is 19.1. The molecule has 28 heavy (non-hydrogen) atoms. The summed E-state index contributed by atoms with van der Waals surface area (Å²) in [7, 11) is 0. The first kappa shape index (κ1) is 17.5. The Bertz CT molecular complexity index is 852. The highest BCUT2D eigenvalue weighted by Gasteiger charge is 2.62. The highest BCUT2D eigenvalue weighted by molar-refractivity contribution is 6.04. The highest BCUT2D eigenvalue weighted by Crippen LogP contribution is 2.66. The van der Waals surface area contributed by atoms with Crippen molar-refractivity contribution in [3.8, 4) is 11.5 Å². The van der Waals surface area contributed by atoms with E-state index in [1.807, 2.05) is 0 Å². The van der Waals surface area contributed by atoms with Gasteiger partial charge in [-0.1, -0.05) is 0 Å². The van der Waals surface area contributed by atoms with Crippen LogP contribution in [0.2, 0.25) is 0 Å². The lowest BCUT2D eigenvalue weighted by atomic mass is 9.42. The quantitative estimate of drug-likeness (QED) is 0.755. The zero-order valence-corrected chi connectivity index (χ0v) is 15.7. The summed E-state index contributed by atoms with van der Waals surface area (Å²) in [6.45, 7) is 0. The monoisotopic (exact) mass is 376 g/mol. The zero-order valence-electron chi connectivity index (χ0n) is 15.7. The first-order chi connectivity index (χ1) is 13.4. The zero-order chi connectivity index (χ0) is 19.5. The third kappa shape index (κ3) is 2.58. The Morgan fingerprint density at radius 1 is 0.679 bits per heavy atom. The Morgan fingerprint density at radius 3 is 1.39 bits per heavy atom. The molecule has 0 aromatic heterocycles. The fourth-order valence-corrected chi connectivity index (χ4v) is 6.63. The molecule has 0 saturated heterocycles. The molecule has 4 heteroatoms. The van der Waals surface area contributed by atoms with E-state index in [-0.39, 0.29) is 23.1 Å². The van der Waals surface area contributed by atoms with Gasteiger partial charge in [-0.25, -0.2) is 0 Å². The number of hydrogen-bond acceptors (Lipinski definition) is 4. The number of rotatable bonds is 4. The Kier molecular flexibility index (Phi) is 3.71. The van der Waals surface area contributed by atoms with Gasteiger partial charge in [0, 0.05) is 22.0 Å². The van der Waals surface area contributed by atoms with Gasteiger partial charge in [0.05, 0.1) is 0 Å². The second-order valence-corrected chi connectivity index (χ2v) is 9.27.